The Kier molecular flexibility index (Phi) is 4.40. The maximum atomic E-state index is 12.1. The van der Waals surface area contributed by atoms with E-state index in [0.717, 1.165) is 45.5 Å². The zero-order valence-electron chi connectivity index (χ0n) is 10.9. The summed E-state index contributed by atoms with van der Waals surface area (Å²) < 4.78 is 5.68. The number of amides is 1. The number of hydrogen-bond donors (Lipinski definition) is 1. The molecule has 2 rings (SSSR count). The van der Waals surface area contributed by atoms with Crippen molar-refractivity contribution < 1.29 is 9.53 Å². The minimum absolute atomic E-state index is 0.0578. The van der Waals surface area contributed by atoms with Crippen molar-refractivity contribution in [2.24, 2.45) is 5.92 Å². The predicted molar refractivity (Wildman–Crippen MR) is 66.8 cm³/mol. The molecule has 4 heteroatoms. The van der Waals surface area contributed by atoms with Crippen LogP contribution in [0.25, 0.3) is 0 Å². The first-order valence-electron chi connectivity index (χ1n) is 6.90. The van der Waals surface area contributed by atoms with E-state index in [1.54, 1.807) is 0 Å². The molecular formula is C13H24N2O2. The molecule has 0 aromatic carbocycles. The molecule has 0 radical (unpaired) electrons. The summed E-state index contributed by atoms with van der Waals surface area (Å²) in [6.07, 6.45) is 3.48. The van der Waals surface area contributed by atoms with Crippen LogP contribution in [0.15, 0.2) is 0 Å². The summed E-state index contributed by atoms with van der Waals surface area (Å²) >= 11 is 0. The number of nitrogens with zero attached hydrogens (tertiary/aromatic N) is 1. The smallest absolute Gasteiger partial charge is 0.239 e. The summed E-state index contributed by atoms with van der Waals surface area (Å²) in [4.78, 5) is 14.1. The highest BCUT2D eigenvalue weighted by atomic mass is 16.5. The molecule has 2 aliphatic heterocycles. The summed E-state index contributed by atoms with van der Waals surface area (Å²) in [5.74, 6) is 0.831. The molecule has 0 aromatic heterocycles. The molecule has 2 aliphatic rings. The zero-order chi connectivity index (χ0) is 12.3. The molecule has 2 heterocycles. The Bertz CT molecular complexity index is 270. The Balaban J connectivity index is 1.85. The Hall–Kier alpha value is -0.610. The summed E-state index contributed by atoms with van der Waals surface area (Å²) in [6.45, 7) is 7.74. The number of likely N-dealkylation sites (N-methyl/N-ethyl adjacent to an activating group) is 1. The van der Waals surface area contributed by atoms with E-state index >= 15 is 0 Å². The number of nitrogens with one attached hydrogen (secondary N) is 1. The largest absolute Gasteiger partial charge is 0.378 e. The molecule has 0 bridgehead atoms. The Morgan fingerprint density at radius 1 is 1.41 bits per heavy atom. The van der Waals surface area contributed by atoms with Gasteiger partial charge in [0.05, 0.1) is 12.1 Å². The lowest BCUT2D eigenvalue weighted by Gasteiger charge is -2.24. The lowest BCUT2D eigenvalue weighted by Crippen LogP contribution is -2.40. The average Bonchev–Trinajstić information content (AvgIpc) is 2.91. The quantitative estimate of drug-likeness (QED) is 0.780. The monoisotopic (exact) mass is 240 g/mol. The molecule has 0 saturated carbocycles. The Morgan fingerprint density at radius 3 is 2.94 bits per heavy atom. The number of likely N-dealkylation sites (tertiary alicyclic amines) is 1. The highest BCUT2D eigenvalue weighted by Gasteiger charge is 2.35. The van der Waals surface area contributed by atoms with Gasteiger partial charge in [0.2, 0.25) is 5.91 Å². The molecule has 4 nitrogen and oxygen atoms in total. The van der Waals surface area contributed by atoms with Crippen LogP contribution in [0.3, 0.4) is 0 Å². The van der Waals surface area contributed by atoms with Crippen LogP contribution in [-0.2, 0) is 9.53 Å². The van der Waals surface area contributed by atoms with Crippen LogP contribution in [0.5, 0.6) is 0 Å². The Labute approximate surface area is 104 Å². The third-order valence-electron chi connectivity index (χ3n) is 3.95. The molecule has 0 aromatic rings. The van der Waals surface area contributed by atoms with Gasteiger partial charge in [-0.3, -0.25) is 4.79 Å². The van der Waals surface area contributed by atoms with Gasteiger partial charge in [-0.1, -0.05) is 13.8 Å². The van der Waals surface area contributed by atoms with Gasteiger partial charge in [-0.05, 0) is 25.8 Å². The molecule has 98 valence electrons. The number of carbonyl (C=O) groups excluding carboxylic acids is 1. The van der Waals surface area contributed by atoms with Gasteiger partial charge in [0.1, 0.15) is 0 Å². The molecule has 0 aliphatic carbocycles. The molecule has 17 heavy (non-hydrogen) atoms. The maximum absolute atomic E-state index is 12.1. The van der Waals surface area contributed by atoms with Crippen molar-refractivity contribution >= 4 is 5.91 Å². The van der Waals surface area contributed by atoms with Gasteiger partial charge in [0, 0.05) is 25.6 Å². The lowest BCUT2D eigenvalue weighted by atomic mass is 9.99. The van der Waals surface area contributed by atoms with E-state index in [9.17, 15) is 4.79 Å². The van der Waals surface area contributed by atoms with Gasteiger partial charge in [-0.15, -0.1) is 0 Å². The van der Waals surface area contributed by atoms with E-state index in [4.69, 9.17) is 4.74 Å². The molecule has 1 N–H and O–H groups in total. The molecule has 2 fully saturated rings. The first-order chi connectivity index (χ1) is 8.26. The highest BCUT2D eigenvalue weighted by molar-refractivity contribution is 5.83. The normalized spacial score (nSPS) is 33.6. The fraction of sp³-hybridized carbons (Fsp3) is 0.923. The van der Waals surface area contributed by atoms with Crippen LogP contribution in [0.2, 0.25) is 0 Å². The fourth-order valence-electron chi connectivity index (χ4n) is 2.99. The maximum Gasteiger partial charge on any atom is 0.239 e. The van der Waals surface area contributed by atoms with Crippen LogP contribution >= 0.6 is 0 Å². The van der Waals surface area contributed by atoms with Gasteiger partial charge in [0.15, 0.2) is 0 Å². The summed E-state index contributed by atoms with van der Waals surface area (Å²) in [5, 5.41) is 3.25. The van der Waals surface area contributed by atoms with Crippen molar-refractivity contribution in [3.8, 4) is 0 Å². The van der Waals surface area contributed by atoms with Crippen LogP contribution in [0.4, 0.5) is 0 Å². The number of rotatable bonds is 5. The predicted octanol–water partition coefficient (Wildman–Crippen LogP) is 1.01. The highest BCUT2D eigenvalue weighted by Crippen LogP contribution is 2.26. The van der Waals surface area contributed by atoms with Gasteiger partial charge in [-0.2, -0.15) is 0 Å². The standard InChI is InChI=1S/C13H24N2O2/c1-3-12-10(6-8-17-12)9-15-7-5-11(13(15)16)14-4-2/h10-12,14H,3-9H2,1-2H3. The summed E-state index contributed by atoms with van der Waals surface area (Å²) in [7, 11) is 0. The van der Waals surface area contributed by atoms with E-state index in [-0.39, 0.29) is 11.9 Å². The Morgan fingerprint density at radius 2 is 2.24 bits per heavy atom. The molecule has 2 saturated heterocycles. The fourth-order valence-corrected chi connectivity index (χ4v) is 2.99. The zero-order valence-corrected chi connectivity index (χ0v) is 10.9. The van der Waals surface area contributed by atoms with Crippen molar-refractivity contribution in [2.75, 3.05) is 26.2 Å². The van der Waals surface area contributed by atoms with Crippen molar-refractivity contribution in [1.82, 2.24) is 10.2 Å². The molecule has 0 spiro atoms. The number of hydrogen-bond acceptors (Lipinski definition) is 3. The van der Waals surface area contributed by atoms with Crippen LogP contribution in [-0.4, -0.2) is 49.2 Å². The van der Waals surface area contributed by atoms with Gasteiger partial charge in [0.25, 0.3) is 0 Å². The van der Waals surface area contributed by atoms with E-state index in [0.29, 0.717) is 12.0 Å². The van der Waals surface area contributed by atoms with Crippen molar-refractivity contribution in [3.63, 3.8) is 0 Å². The number of ether oxygens (including phenoxy) is 1. The van der Waals surface area contributed by atoms with Crippen molar-refractivity contribution in [2.45, 2.75) is 45.3 Å². The van der Waals surface area contributed by atoms with E-state index < -0.39 is 0 Å². The van der Waals surface area contributed by atoms with E-state index in [1.165, 1.54) is 0 Å². The van der Waals surface area contributed by atoms with E-state index in [2.05, 4.69) is 12.2 Å². The van der Waals surface area contributed by atoms with Crippen LogP contribution in [0.1, 0.15) is 33.1 Å². The second-order valence-electron chi connectivity index (χ2n) is 5.05. The third-order valence-corrected chi connectivity index (χ3v) is 3.95. The van der Waals surface area contributed by atoms with Crippen molar-refractivity contribution in [3.05, 3.63) is 0 Å². The lowest BCUT2D eigenvalue weighted by molar-refractivity contribution is -0.130. The van der Waals surface area contributed by atoms with Gasteiger partial charge in [-0.25, -0.2) is 0 Å². The van der Waals surface area contributed by atoms with Crippen molar-refractivity contribution in [1.29, 1.82) is 0 Å². The SMILES string of the molecule is CCNC1CCN(CC2CCOC2CC)C1=O. The number of carbonyl (C=O) groups is 1. The minimum Gasteiger partial charge on any atom is -0.378 e. The average molecular weight is 240 g/mol. The molecule has 1 amide bonds. The van der Waals surface area contributed by atoms with Gasteiger partial charge >= 0.3 is 0 Å². The first kappa shape index (κ1) is 12.8. The molecule has 3 unspecified atom stereocenters. The third kappa shape index (κ3) is 2.80. The van der Waals surface area contributed by atoms with Crippen LogP contribution < -0.4 is 5.32 Å². The first-order valence-corrected chi connectivity index (χ1v) is 6.90. The second kappa shape index (κ2) is 5.83. The summed E-state index contributed by atoms with van der Waals surface area (Å²) in [5.41, 5.74) is 0. The second-order valence-corrected chi connectivity index (χ2v) is 5.05. The van der Waals surface area contributed by atoms with Gasteiger partial charge < -0.3 is 15.0 Å². The topological polar surface area (TPSA) is 41.6 Å². The molecule has 3 atom stereocenters. The van der Waals surface area contributed by atoms with Crippen LogP contribution in [0, 0.1) is 5.92 Å². The summed E-state index contributed by atoms with van der Waals surface area (Å²) in [6, 6.07) is 0.0578. The minimum atomic E-state index is 0.0578. The van der Waals surface area contributed by atoms with E-state index in [1.807, 2.05) is 11.8 Å². The molecular weight excluding hydrogens is 216 g/mol.